The van der Waals surface area contributed by atoms with Crippen molar-refractivity contribution in [1.29, 1.82) is 0 Å². The maximum Gasteiger partial charge on any atom is 0.123 e. The van der Waals surface area contributed by atoms with Gasteiger partial charge in [0.1, 0.15) is 5.75 Å². The van der Waals surface area contributed by atoms with Crippen LogP contribution in [0.25, 0.3) is 6.08 Å². The molecule has 0 heterocycles. The van der Waals surface area contributed by atoms with Crippen LogP contribution in [-0.4, -0.2) is 6.10 Å². The van der Waals surface area contributed by atoms with Gasteiger partial charge in [-0.2, -0.15) is 0 Å². The molecule has 100 valence electrons. The van der Waals surface area contributed by atoms with Gasteiger partial charge in [-0.1, -0.05) is 51.0 Å². The summed E-state index contributed by atoms with van der Waals surface area (Å²) < 4.78 is 6.02. The summed E-state index contributed by atoms with van der Waals surface area (Å²) in [6.07, 6.45) is 8.48. The van der Waals surface area contributed by atoms with E-state index in [1.807, 2.05) is 6.08 Å². The lowest BCUT2D eigenvalue weighted by Crippen LogP contribution is -2.12. The first kappa shape index (κ1) is 14.8. The van der Waals surface area contributed by atoms with E-state index in [2.05, 4.69) is 45.5 Å². The fourth-order valence-corrected chi connectivity index (χ4v) is 2.00. The number of ether oxygens (including phenoxy) is 1. The van der Waals surface area contributed by atoms with Gasteiger partial charge in [0.2, 0.25) is 0 Å². The molecule has 1 rings (SSSR count). The van der Waals surface area contributed by atoms with E-state index in [1.165, 1.54) is 31.2 Å². The standard InChI is InChI=1S/C17H26O/c1-5-7-8-9-10-15(4)18-17-13-16(6-2)12-11-14(17)3/h6,11-13,15H,2,5,7-10H2,1,3-4H3. The molecule has 0 spiro atoms. The number of hydrogen-bond donors (Lipinski definition) is 0. The van der Waals surface area contributed by atoms with Gasteiger partial charge in [0.15, 0.2) is 0 Å². The van der Waals surface area contributed by atoms with Crippen molar-refractivity contribution in [2.75, 3.05) is 0 Å². The molecular formula is C17H26O. The van der Waals surface area contributed by atoms with Crippen LogP contribution in [0.1, 0.15) is 57.1 Å². The van der Waals surface area contributed by atoms with Gasteiger partial charge < -0.3 is 4.74 Å². The van der Waals surface area contributed by atoms with Gasteiger partial charge >= 0.3 is 0 Å². The Morgan fingerprint density at radius 3 is 2.72 bits per heavy atom. The first-order chi connectivity index (χ1) is 8.67. The van der Waals surface area contributed by atoms with E-state index in [-0.39, 0.29) is 0 Å². The molecule has 0 fully saturated rings. The molecule has 1 atom stereocenters. The topological polar surface area (TPSA) is 9.23 Å². The van der Waals surface area contributed by atoms with Crippen LogP contribution in [0.2, 0.25) is 0 Å². The number of rotatable bonds is 8. The van der Waals surface area contributed by atoms with Crippen molar-refractivity contribution in [2.45, 2.75) is 59.0 Å². The molecule has 0 aromatic heterocycles. The highest BCUT2D eigenvalue weighted by molar-refractivity contribution is 5.51. The van der Waals surface area contributed by atoms with Crippen LogP contribution in [0.5, 0.6) is 5.75 Å². The molecule has 1 unspecified atom stereocenters. The van der Waals surface area contributed by atoms with E-state index in [4.69, 9.17) is 4.74 Å². The second-order valence-corrected chi connectivity index (χ2v) is 5.01. The third-order valence-electron chi connectivity index (χ3n) is 3.24. The van der Waals surface area contributed by atoms with Gasteiger partial charge in [-0.15, -0.1) is 0 Å². The van der Waals surface area contributed by atoms with Crippen LogP contribution in [0.4, 0.5) is 0 Å². The van der Waals surface area contributed by atoms with Crippen LogP contribution in [-0.2, 0) is 0 Å². The van der Waals surface area contributed by atoms with E-state index >= 15 is 0 Å². The molecule has 0 bridgehead atoms. The van der Waals surface area contributed by atoms with Crippen molar-refractivity contribution >= 4 is 6.08 Å². The Kier molecular flexibility index (Phi) is 6.56. The van der Waals surface area contributed by atoms with Crippen molar-refractivity contribution in [2.24, 2.45) is 0 Å². The average molecular weight is 246 g/mol. The highest BCUT2D eigenvalue weighted by atomic mass is 16.5. The summed E-state index contributed by atoms with van der Waals surface area (Å²) in [6.45, 7) is 10.3. The summed E-state index contributed by atoms with van der Waals surface area (Å²) in [7, 11) is 0. The summed E-state index contributed by atoms with van der Waals surface area (Å²) in [4.78, 5) is 0. The molecule has 0 radical (unpaired) electrons. The lowest BCUT2D eigenvalue weighted by atomic mass is 10.1. The van der Waals surface area contributed by atoms with Gasteiger partial charge in [0.25, 0.3) is 0 Å². The molecule has 1 aromatic carbocycles. The van der Waals surface area contributed by atoms with Gasteiger partial charge in [0.05, 0.1) is 6.10 Å². The van der Waals surface area contributed by atoms with E-state index in [1.54, 1.807) is 0 Å². The van der Waals surface area contributed by atoms with Crippen molar-refractivity contribution < 1.29 is 4.74 Å². The van der Waals surface area contributed by atoms with Crippen molar-refractivity contribution in [3.8, 4) is 5.75 Å². The zero-order valence-corrected chi connectivity index (χ0v) is 12.0. The molecule has 0 saturated heterocycles. The third kappa shape index (κ3) is 4.95. The minimum Gasteiger partial charge on any atom is -0.490 e. The second kappa shape index (κ2) is 7.97. The summed E-state index contributed by atoms with van der Waals surface area (Å²) in [5, 5.41) is 0. The minimum absolute atomic E-state index is 0.292. The van der Waals surface area contributed by atoms with E-state index in [0.29, 0.717) is 6.10 Å². The highest BCUT2D eigenvalue weighted by Crippen LogP contribution is 2.22. The lowest BCUT2D eigenvalue weighted by molar-refractivity contribution is 0.205. The van der Waals surface area contributed by atoms with Crippen molar-refractivity contribution in [3.05, 3.63) is 35.9 Å². The first-order valence-electron chi connectivity index (χ1n) is 7.07. The van der Waals surface area contributed by atoms with Crippen LogP contribution in [0.3, 0.4) is 0 Å². The molecule has 0 N–H and O–H groups in total. The number of unbranched alkanes of at least 4 members (excludes halogenated alkanes) is 3. The number of hydrogen-bond acceptors (Lipinski definition) is 1. The van der Waals surface area contributed by atoms with E-state index < -0.39 is 0 Å². The quantitative estimate of drug-likeness (QED) is 0.560. The van der Waals surface area contributed by atoms with Crippen LogP contribution < -0.4 is 4.74 Å². The first-order valence-corrected chi connectivity index (χ1v) is 7.07. The third-order valence-corrected chi connectivity index (χ3v) is 3.24. The Morgan fingerprint density at radius 2 is 2.06 bits per heavy atom. The monoisotopic (exact) mass is 246 g/mol. The fraction of sp³-hybridized carbons (Fsp3) is 0.529. The average Bonchev–Trinajstić information content (AvgIpc) is 2.37. The molecule has 0 amide bonds. The maximum absolute atomic E-state index is 6.02. The summed E-state index contributed by atoms with van der Waals surface area (Å²) in [5.41, 5.74) is 2.31. The summed E-state index contributed by atoms with van der Waals surface area (Å²) in [5.74, 6) is 0.996. The van der Waals surface area contributed by atoms with Gasteiger partial charge in [-0.05, 0) is 43.9 Å². The fourth-order valence-electron chi connectivity index (χ4n) is 2.00. The Labute approximate surface area is 112 Å². The largest absolute Gasteiger partial charge is 0.490 e. The minimum atomic E-state index is 0.292. The van der Waals surface area contributed by atoms with Gasteiger partial charge in [-0.3, -0.25) is 0 Å². The highest BCUT2D eigenvalue weighted by Gasteiger charge is 2.06. The van der Waals surface area contributed by atoms with Crippen LogP contribution >= 0.6 is 0 Å². The second-order valence-electron chi connectivity index (χ2n) is 5.01. The van der Waals surface area contributed by atoms with Crippen molar-refractivity contribution in [1.82, 2.24) is 0 Å². The molecule has 1 nitrogen and oxygen atoms in total. The lowest BCUT2D eigenvalue weighted by Gasteiger charge is -2.16. The van der Waals surface area contributed by atoms with Crippen LogP contribution in [0, 0.1) is 6.92 Å². The summed E-state index contributed by atoms with van der Waals surface area (Å²) in [6, 6.07) is 6.24. The smallest absolute Gasteiger partial charge is 0.123 e. The molecular weight excluding hydrogens is 220 g/mol. The Hall–Kier alpha value is -1.24. The number of benzene rings is 1. The molecule has 1 aromatic rings. The van der Waals surface area contributed by atoms with E-state index in [0.717, 1.165) is 17.7 Å². The molecule has 1 heteroatoms. The molecule has 0 aliphatic heterocycles. The molecule has 0 aliphatic carbocycles. The molecule has 0 saturated carbocycles. The Balaban J connectivity index is 2.47. The molecule has 18 heavy (non-hydrogen) atoms. The predicted molar refractivity (Wildman–Crippen MR) is 80.1 cm³/mol. The SMILES string of the molecule is C=Cc1ccc(C)c(OC(C)CCCCCC)c1. The number of aryl methyl sites for hydroxylation is 1. The molecule has 0 aliphatic rings. The zero-order valence-electron chi connectivity index (χ0n) is 12.0. The Bertz CT molecular complexity index is 368. The Morgan fingerprint density at radius 1 is 1.28 bits per heavy atom. The van der Waals surface area contributed by atoms with Gasteiger partial charge in [0, 0.05) is 0 Å². The predicted octanol–water partition coefficient (Wildman–Crippen LogP) is 5.38. The van der Waals surface area contributed by atoms with Crippen molar-refractivity contribution in [3.63, 3.8) is 0 Å². The normalized spacial score (nSPS) is 12.2. The zero-order chi connectivity index (χ0) is 13.4. The maximum atomic E-state index is 6.02. The van der Waals surface area contributed by atoms with Gasteiger partial charge in [-0.25, -0.2) is 0 Å². The van der Waals surface area contributed by atoms with E-state index in [9.17, 15) is 0 Å². The summed E-state index contributed by atoms with van der Waals surface area (Å²) >= 11 is 0. The van der Waals surface area contributed by atoms with Crippen LogP contribution in [0.15, 0.2) is 24.8 Å².